The van der Waals surface area contributed by atoms with Crippen LogP contribution in [0.25, 0.3) is 0 Å². The third-order valence-corrected chi connectivity index (χ3v) is 2.88. The van der Waals surface area contributed by atoms with Crippen LogP contribution >= 0.6 is 15.9 Å². The number of nitriles is 1. The van der Waals surface area contributed by atoms with Crippen LogP contribution in [-0.2, 0) is 6.42 Å². The van der Waals surface area contributed by atoms with Crippen molar-refractivity contribution in [2.45, 2.75) is 20.3 Å². The quantitative estimate of drug-likeness (QED) is 0.718. The van der Waals surface area contributed by atoms with Crippen LogP contribution in [0.4, 0.5) is 0 Å². The fraction of sp³-hybridized carbons (Fsp3) is 0.300. The lowest BCUT2D eigenvalue weighted by atomic mass is 10.1. The highest BCUT2D eigenvalue weighted by Crippen LogP contribution is 2.23. The number of hydrogen-bond acceptors (Lipinski definition) is 1. The molecule has 0 amide bonds. The van der Waals surface area contributed by atoms with Gasteiger partial charge in [-0.15, -0.1) is 0 Å². The molecule has 1 aromatic rings. The van der Waals surface area contributed by atoms with Gasteiger partial charge in [-0.25, -0.2) is 0 Å². The molecule has 62 valence electrons. The van der Waals surface area contributed by atoms with Gasteiger partial charge in [0.05, 0.1) is 12.5 Å². The average Bonchev–Trinajstić information content (AvgIpc) is 2.00. The molecule has 0 atom stereocenters. The van der Waals surface area contributed by atoms with Crippen molar-refractivity contribution in [2.24, 2.45) is 0 Å². The first kappa shape index (κ1) is 9.28. The summed E-state index contributed by atoms with van der Waals surface area (Å²) in [6.45, 7) is 4.08. The van der Waals surface area contributed by atoms with E-state index in [4.69, 9.17) is 5.26 Å². The molecule has 0 N–H and O–H groups in total. The Bertz CT molecular complexity index is 336. The summed E-state index contributed by atoms with van der Waals surface area (Å²) in [5.41, 5.74) is 3.48. The molecule has 0 heterocycles. The van der Waals surface area contributed by atoms with Gasteiger partial charge in [-0.1, -0.05) is 33.6 Å². The summed E-state index contributed by atoms with van der Waals surface area (Å²) in [6, 6.07) is 6.29. The maximum Gasteiger partial charge on any atom is 0.0670 e. The first-order valence-electron chi connectivity index (χ1n) is 3.77. The lowest BCUT2D eigenvalue weighted by Crippen LogP contribution is -1.89. The van der Waals surface area contributed by atoms with Crippen LogP contribution in [0.3, 0.4) is 0 Å². The Morgan fingerprint density at radius 3 is 2.67 bits per heavy atom. The summed E-state index contributed by atoms with van der Waals surface area (Å²) in [6.07, 6.45) is 0.475. The summed E-state index contributed by atoms with van der Waals surface area (Å²) in [4.78, 5) is 0. The van der Waals surface area contributed by atoms with E-state index in [0.29, 0.717) is 6.42 Å². The third kappa shape index (κ3) is 1.86. The van der Waals surface area contributed by atoms with Crippen molar-refractivity contribution in [3.63, 3.8) is 0 Å². The number of aryl methyl sites for hydroxylation is 2. The fourth-order valence-electron chi connectivity index (χ4n) is 1.25. The van der Waals surface area contributed by atoms with Gasteiger partial charge in [0, 0.05) is 4.47 Å². The number of rotatable bonds is 1. The summed E-state index contributed by atoms with van der Waals surface area (Å²) < 4.78 is 1.06. The van der Waals surface area contributed by atoms with E-state index in [-0.39, 0.29) is 0 Å². The highest BCUT2D eigenvalue weighted by molar-refractivity contribution is 9.10. The summed E-state index contributed by atoms with van der Waals surface area (Å²) >= 11 is 3.46. The first-order valence-corrected chi connectivity index (χ1v) is 4.57. The van der Waals surface area contributed by atoms with Gasteiger partial charge in [0.25, 0.3) is 0 Å². The normalized spacial score (nSPS) is 9.50. The maximum absolute atomic E-state index is 8.56. The minimum Gasteiger partial charge on any atom is -0.198 e. The van der Waals surface area contributed by atoms with E-state index < -0.39 is 0 Å². The zero-order chi connectivity index (χ0) is 9.14. The Balaban J connectivity index is 3.20. The van der Waals surface area contributed by atoms with E-state index >= 15 is 0 Å². The van der Waals surface area contributed by atoms with Crippen LogP contribution in [0.15, 0.2) is 16.6 Å². The van der Waals surface area contributed by atoms with Gasteiger partial charge in [0.1, 0.15) is 0 Å². The van der Waals surface area contributed by atoms with Crippen molar-refractivity contribution >= 4 is 15.9 Å². The monoisotopic (exact) mass is 223 g/mol. The van der Waals surface area contributed by atoms with E-state index in [9.17, 15) is 0 Å². The Morgan fingerprint density at radius 2 is 2.08 bits per heavy atom. The number of nitrogens with zero attached hydrogens (tertiary/aromatic N) is 1. The number of hydrogen-bond donors (Lipinski definition) is 0. The third-order valence-electron chi connectivity index (χ3n) is 1.74. The second-order valence-electron chi connectivity index (χ2n) is 2.89. The molecule has 0 aliphatic rings. The molecule has 0 fully saturated rings. The molecule has 0 aliphatic heterocycles. The summed E-state index contributed by atoms with van der Waals surface area (Å²) in [5.74, 6) is 0. The van der Waals surface area contributed by atoms with Crippen molar-refractivity contribution in [3.05, 3.63) is 33.3 Å². The second kappa shape index (κ2) is 3.73. The molecule has 0 saturated heterocycles. The van der Waals surface area contributed by atoms with Gasteiger partial charge in [-0.05, 0) is 25.0 Å². The van der Waals surface area contributed by atoms with Gasteiger partial charge in [-0.3, -0.25) is 0 Å². The number of benzene rings is 1. The minimum absolute atomic E-state index is 0.475. The van der Waals surface area contributed by atoms with Crippen molar-refractivity contribution in [3.8, 4) is 6.07 Å². The van der Waals surface area contributed by atoms with Gasteiger partial charge < -0.3 is 0 Å². The van der Waals surface area contributed by atoms with E-state index in [0.717, 1.165) is 10.0 Å². The average molecular weight is 224 g/mol. The molecular weight excluding hydrogens is 214 g/mol. The molecule has 1 rings (SSSR count). The largest absolute Gasteiger partial charge is 0.198 e. The topological polar surface area (TPSA) is 23.8 Å². The zero-order valence-corrected chi connectivity index (χ0v) is 8.77. The standard InChI is InChI=1S/C10H10BrN/c1-7-5-8(2)10(11)9(6-7)3-4-12/h5-6H,3H2,1-2H3. The van der Waals surface area contributed by atoms with E-state index in [1.807, 2.05) is 19.9 Å². The van der Waals surface area contributed by atoms with Crippen LogP contribution in [0.1, 0.15) is 16.7 Å². The van der Waals surface area contributed by atoms with Crippen molar-refractivity contribution in [2.75, 3.05) is 0 Å². The SMILES string of the molecule is Cc1cc(C)c(Br)c(CC#N)c1. The molecule has 0 aliphatic carbocycles. The highest BCUT2D eigenvalue weighted by Gasteiger charge is 2.02. The van der Waals surface area contributed by atoms with E-state index in [2.05, 4.69) is 28.1 Å². The molecule has 2 heteroatoms. The van der Waals surface area contributed by atoms with Gasteiger partial charge >= 0.3 is 0 Å². The van der Waals surface area contributed by atoms with Crippen LogP contribution < -0.4 is 0 Å². The predicted octanol–water partition coefficient (Wildman–Crippen LogP) is 3.13. The molecule has 12 heavy (non-hydrogen) atoms. The Hall–Kier alpha value is -0.810. The van der Waals surface area contributed by atoms with Crippen LogP contribution in [0, 0.1) is 25.2 Å². The molecule has 0 radical (unpaired) electrons. The van der Waals surface area contributed by atoms with Crippen LogP contribution in [0.5, 0.6) is 0 Å². The first-order chi connectivity index (χ1) is 5.65. The van der Waals surface area contributed by atoms with E-state index in [1.54, 1.807) is 0 Å². The zero-order valence-electron chi connectivity index (χ0n) is 7.19. The summed E-state index contributed by atoms with van der Waals surface area (Å²) in [7, 11) is 0. The van der Waals surface area contributed by atoms with Crippen molar-refractivity contribution in [1.82, 2.24) is 0 Å². The Kier molecular flexibility index (Phi) is 2.88. The minimum atomic E-state index is 0.475. The molecule has 0 saturated carbocycles. The smallest absolute Gasteiger partial charge is 0.0670 e. The molecule has 1 nitrogen and oxygen atoms in total. The van der Waals surface area contributed by atoms with Crippen molar-refractivity contribution < 1.29 is 0 Å². The molecule has 0 bridgehead atoms. The van der Waals surface area contributed by atoms with Gasteiger partial charge in [-0.2, -0.15) is 5.26 Å². The highest BCUT2D eigenvalue weighted by atomic mass is 79.9. The lowest BCUT2D eigenvalue weighted by Gasteiger charge is -2.05. The molecule has 0 spiro atoms. The molecule has 1 aromatic carbocycles. The number of halogens is 1. The maximum atomic E-state index is 8.56. The van der Waals surface area contributed by atoms with E-state index in [1.165, 1.54) is 11.1 Å². The van der Waals surface area contributed by atoms with Crippen LogP contribution in [0.2, 0.25) is 0 Å². The fourth-order valence-corrected chi connectivity index (χ4v) is 1.62. The Morgan fingerprint density at radius 1 is 1.42 bits per heavy atom. The molecule has 0 aromatic heterocycles. The van der Waals surface area contributed by atoms with Gasteiger partial charge in [0.15, 0.2) is 0 Å². The Labute approximate surface area is 81.2 Å². The molecule has 0 unspecified atom stereocenters. The predicted molar refractivity (Wildman–Crippen MR) is 52.9 cm³/mol. The van der Waals surface area contributed by atoms with Crippen molar-refractivity contribution in [1.29, 1.82) is 5.26 Å². The van der Waals surface area contributed by atoms with Crippen LogP contribution in [-0.4, -0.2) is 0 Å². The second-order valence-corrected chi connectivity index (χ2v) is 3.68. The summed E-state index contributed by atoms with van der Waals surface area (Å²) in [5, 5.41) is 8.56. The lowest BCUT2D eigenvalue weighted by molar-refractivity contribution is 1.20. The van der Waals surface area contributed by atoms with Gasteiger partial charge in [0.2, 0.25) is 0 Å². The molecular formula is C10H10BrN.